The molecule has 1 aliphatic carbocycles. The zero-order chi connectivity index (χ0) is 12.0. The van der Waals surface area contributed by atoms with E-state index in [1.54, 1.807) is 7.11 Å². The van der Waals surface area contributed by atoms with Crippen LogP contribution < -0.4 is 5.73 Å². The first kappa shape index (κ1) is 13.8. The van der Waals surface area contributed by atoms with Crippen LogP contribution in [0.15, 0.2) is 0 Å². The number of halogens is 2. The highest BCUT2D eigenvalue weighted by Crippen LogP contribution is 2.25. The van der Waals surface area contributed by atoms with Gasteiger partial charge in [-0.25, -0.2) is 8.78 Å². The fourth-order valence-electron chi connectivity index (χ4n) is 2.43. The summed E-state index contributed by atoms with van der Waals surface area (Å²) in [7, 11) is 1.69. The molecular weight excluding hydrogens is 214 g/mol. The van der Waals surface area contributed by atoms with Gasteiger partial charge in [-0.2, -0.15) is 0 Å². The second-order valence-electron chi connectivity index (χ2n) is 4.35. The summed E-state index contributed by atoms with van der Waals surface area (Å²) in [4.78, 5) is 1.82. The first-order chi connectivity index (χ1) is 7.67. The monoisotopic (exact) mass is 236 g/mol. The van der Waals surface area contributed by atoms with Crippen LogP contribution in [-0.4, -0.2) is 50.2 Å². The Morgan fingerprint density at radius 3 is 2.75 bits per heavy atom. The van der Waals surface area contributed by atoms with Crippen LogP contribution in [0.3, 0.4) is 0 Å². The quantitative estimate of drug-likeness (QED) is 0.759. The Bertz CT molecular complexity index is 193. The molecule has 3 nitrogen and oxygen atoms in total. The predicted molar refractivity (Wildman–Crippen MR) is 59.7 cm³/mol. The van der Waals surface area contributed by atoms with Crippen molar-refractivity contribution in [3.63, 3.8) is 0 Å². The SMILES string of the molecule is COC1CCCC(N(CCN)CC(F)F)C1. The van der Waals surface area contributed by atoms with E-state index >= 15 is 0 Å². The Hall–Kier alpha value is -0.260. The van der Waals surface area contributed by atoms with E-state index in [1.165, 1.54) is 0 Å². The van der Waals surface area contributed by atoms with Crippen molar-refractivity contribution in [3.05, 3.63) is 0 Å². The zero-order valence-electron chi connectivity index (χ0n) is 9.87. The van der Waals surface area contributed by atoms with Crippen molar-refractivity contribution in [2.45, 2.75) is 44.3 Å². The van der Waals surface area contributed by atoms with Crippen LogP contribution >= 0.6 is 0 Å². The molecule has 0 aromatic rings. The van der Waals surface area contributed by atoms with Crippen LogP contribution in [0, 0.1) is 0 Å². The summed E-state index contributed by atoms with van der Waals surface area (Å²) in [5.74, 6) is 0. The van der Waals surface area contributed by atoms with Gasteiger partial charge in [0.15, 0.2) is 0 Å². The van der Waals surface area contributed by atoms with Gasteiger partial charge in [-0.15, -0.1) is 0 Å². The average molecular weight is 236 g/mol. The number of nitrogens with two attached hydrogens (primary N) is 1. The normalized spacial score (nSPS) is 26.6. The Morgan fingerprint density at radius 1 is 1.44 bits per heavy atom. The van der Waals surface area contributed by atoms with E-state index in [2.05, 4.69) is 0 Å². The summed E-state index contributed by atoms with van der Waals surface area (Å²) in [5, 5.41) is 0. The molecule has 1 saturated carbocycles. The molecule has 2 atom stereocenters. The number of hydrogen-bond acceptors (Lipinski definition) is 3. The van der Waals surface area contributed by atoms with Gasteiger partial charge in [-0.05, 0) is 25.7 Å². The molecule has 1 rings (SSSR count). The highest BCUT2D eigenvalue weighted by molar-refractivity contribution is 4.81. The largest absolute Gasteiger partial charge is 0.381 e. The minimum absolute atomic E-state index is 0.168. The van der Waals surface area contributed by atoms with Gasteiger partial charge in [0.25, 0.3) is 6.43 Å². The van der Waals surface area contributed by atoms with Gasteiger partial charge in [0.05, 0.1) is 12.6 Å². The molecule has 0 aliphatic heterocycles. The Kier molecular flexibility index (Phi) is 6.16. The molecule has 0 bridgehead atoms. The van der Waals surface area contributed by atoms with E-state index in [0.29, 0.717) is 13.1 Å². The van der Waals surface area contributed by atoms with Crippen LogP contribution in [0.4, 0.5) is 8.78 Å². The summed E-state index contributed by atoms with van der Waals surface area (Å²) >= 11 is 0. The van der Waals surface area contributed by atoms with E-state index in [-0.39, 0.29) is 18.7 Å². The van der Waals surface area contributed by atoms with Gasteiger partial charge in [0.2, 0.25) is 0 Å². The lowest BCUT2D eigenvalue weighted by Gasteiger charge is -2.36. The van der Waals surface area contributed by atoms with Crippen LogP contribution in [0.2, 0.25) is 0 Å². The van der Waals surface area contributed by atoms with E-state index in [4.69, 9.17) is 10.5 Å². The maximum Gasteiger partial charge on any atom is 0.251 e. The van der Waals surface area contributed by atoms with Crippen molar-refractivity contribution < 1.29 is 13.5 Å². The van der Waals surface area contributed by atoms with E-state index in [0.717, 1.165) is 25.7 Å². The second-order valence-corrected chi connectivity index (χ2v) is 4.35. The third-order valence-electron chi connectivity index (χ3n) is 3.24. The van der Waals surface area contributed by atoms with Crippen molar-refractivity contribution in [3.8, 4) is 0 Å². The summed E-state index contributed by atoms with van der Waals surface area (Å²) in [6, 6.07) is 0.205. The van der Waals surface area contributed by atoms with Crippen molar-refractivity contribution in [1.82, 2.24) is 4.90 Å². The molecule has 5 heteroatoms. The predicted octanol–water partition coefficient (Wildman–Crippen LogP) is 1.47. The molecule has 1 fully saturated rings. The number of alkyl halides is 2. The molecule has 0 aromatic heterocycles. The zero-order valence-corrected chi connectivity index (χ0v) is 9.87. The first-order valence-electron chi connectivity index (χ1n) is 5.92. The fraction of sp³-hybridized carbons (Fsp3) is 1.00. The van der Waals surface area contributed by atoms with E-state index in [1.807, 2.05) is 4.90 Å². The molecule has 2 unspecified atom stereocenters. The third-order valence-corrected chi connectivity index (χ3v) is 3.24. The Labute approximate surface area is 95.9 Å². The summed E-state index contributed by atoms with van der Waals surface area (Å²) < 4.78 is 30.2. The Morgan fingerprint density at radius 2 is 2.19 bits per heavy atom. The van der Waals surface area contributed by atoms with Crippen molar-refractivity contribution in [1.29, 1.82) is 0 Å². The molecule has 0 spiro atoms. The lowest BCUT2D eigenvalue weighted by molar-refractivity contribution is 0.00713. The molecule has 2 N–H and O–H groups in total. The standard InChI is InChI=1S/C11H22F2N2O/c1-16-10-4-2-3-9(7-10)15(6-5-14)8-11(12)13/h9-11H,2-8,14H2,1H3. The van der Waals surface area contributed by atoms with Crippen molar-refractivity contribution in [2.75, 3.05) is 26.7 Å². The van der Waals surface area contributed by atoms with Crippen molar-refractivity contribution in [2.24, 2.45) is 5.73 Å². The van der Waals surface area contributed by atoms with Gasteiger partial charge in [-0.3, -0.25) is 4.90 Å². The second kappa shape index (κ2) is 7.14. The van der Waals surface area contributed by atoms with Gasteiger partial charge in [0.1, 0.15) is 0 Å². The van der Waals surface area contributed by atoms with Crippen LogP contribution in [0.1, 0.15) is 25.7 Å². The lowest BCUT2D eigenvalue weighted by Crippen LogP contribution is -2.45. The van der Waals surface area contributed by atoms with Gasteiger partial charge < -0.3 is 10.5 Å². The van der Waals surface area contributed by atoms with Crippen LogP contribution in [0.25, 0.3) is 0 Å². The Balaban J connectivity index is 2.48. The maximum absolute atomic E-state index is 12.4. The topological polar surface area (TPSA) is 38.5 Å². The van der Waals surface area contributed by atoms with Gasteiger partial charge >= 0.3 is 0 Å². The maximum atomic E-state index is 12.4. The minimum Gasteiger partial charge on any atom is -0.381 e. The number of methoxy groups -OCH3 is 1. The molecule has 1 aliphatic rings. The number of nitrogens with zero attached hydrogens (tertiary/aromatic N) is 1. The summed E-state index contributed by atoms with van der Waals surface area (Å²) in [6.07, 6.45) is 1.85. The third kappa shape index (κ3) is 4.31. The molecular formula is C11H22F2N2O. The van der Waals surface area contributed by atoms with Crippen LogP contribution in [-0.2, 0) is 4.74 Å². The lowest BCUT2D eigenvalue weighted by atomic mass is 9.91. The summed E-state index contributed by atoms with van der Waals surface area (Å²) in [6.45, 7) is 0.810. The molecule has 0 saturated heterocycles. The van der Waals surface area contributed by atoms with E-state index < -0.39 is 6.43 Å². The average Bonchev–Trinajstić information content (AvgIpc) is 2.28. The number of rotatable bonds is 6. The molecule has 96 valence electrons. The van der Waals surface area contributed by atoms with Gasteiger partial charge in [-0.1, -0.05) is 0 Å². The molecule has 0 heterocycles. The minimum atomic E-state index is -2.28. The molecule has 0 aromatic carbocycles. The molecule has 0 radical (unpaired) electrons. The molecule has 0 amide bonds. The van der Waals surface area contributed by atoms with E-state index in [9.17, 15) is 8.78 Å². The summed E-state index contributed by atoms with van der Waals surface area (Å²) in [5.41, 5.74) is 5.46. The number of ether oxygens (including phenoxy) is 1. The highest BCUT2D eigenvalue weighted by Gasteiger charge is 2.27. The first-order valence-corrected chi connectivity index (χ1v) is 5.92. The van der Waals surface area contributed by atoms with Gasteiger partial charge in [0, 0.05) is 26.2 Å². The van der Waals surface area contributed by atoms with Crippen LogP contribution in [0.5, 0.6) is 0 Å². The highest BCUT2D eigenvalue weighted by atomic mass is 19.3. The number of hydrogen-bond donors (Lipinski definition) is 1. The smallest absolute Gasteiger partial charge is 0.251 e. The van der Waals surface area contributed by atoms with Crippen molar-refractivity contribution >= 4 is 0 Å². The molecule has 16 heavy (non-hydrogen) atoms. The fourth-order valence-corrected chi connectivity index (χ4v) is 2.43.